The van der Waals surface area contributed by atoms with Gasteiger partial charge in [-0.1, -0.05) is 6.07 Å². The molecule has 0 aliphatic heterocycles. The number of phenolic OH excluding ortho intramolecular Hbond substituents is 1. The standard InChI is InChI=1S/C19H18F2O5/c1-10(2)26-19(24)12-5-4-11(14(20)8-12)9-15(22)13-6-7-16(25-3)17(21)18(13)23/h4-8,10,23H,9H2,1-3H3. The first kappa shape index (κ1) is 19.4. The molecule has 2 aromatic carbocycles. The van der Waals surface area contributed by atoms with Crippen molar-refractivity contribution in [3.8, 4) is 11.5 Å². The average molecular weight is 364 g/mol. The zero-order valence-electron chi connectivity index (χ0n) is 14.5. The summed E-state index contributed by atoms with van der Waals surface area (Å²) in [5.74, 6) is -4.26. The van der Waals surface area contributed by atoms with Crippen LogP contribution in [0.15, 0.2) is 30.3 Å². The second kappa shape index (κ2) is 7.95. The molecule has 0 radical (unpaired) electrons. The summed E-state index contributed by atoms with van der Waals surface area (Å²) in [6.07, 6.45) is -0.759. The molecule has 0 bridgehead atoms. The fourth-order valence-electron chi connectivity index (χ4n) is 2.30. The smallest absolute Gasteiger partial charge is 0.338 e. The largest absolute Gasteiger partial charge is 0.504 e. The molecule has 0 atom stereocenters. The number of carbonyl (C=O) groups is 2. The van der Waals surface area contributed by atoms with Crippen LogP contribution in [0, 0.1) is 11.6 Å². The van der Waals surface area contributed by atoms with Crippen LogP contribution in [0.4, 0.5) is 8.78 Å². The van der Waals surface area contributed by atoms with E-state index in [1.54, 1.807) is 13.8 Å². The van der Waals surface area contributed by atoms with E-state index in [9.17, 15) is 23.5 Å². The molecule has 0 spiro atoms. The maximum atomic E-state index is 14.2. The third-order valence-electron chi connectivity index (χ3n) is 3.58. The summed E-state index contributed by atoms with van der Waals surface area (Å²) in [5, 5.41) is 9.80. The Morgan fingerprint density at radius 3 is 2.42 bits per heavy atom. The zero-order chi connectivity index (χ0) is 19.4. The van der Waals surface area contributed by atoms with E-state index in [1.165, 1.54) is 31.4 Å². The Morgan fingerprint density at radius 2 is 1.85 bits per heavy atom. The normalized spacial score (nSPS) is 10.7. The van der Waals surface area contributed by atoms with Crippen molar-refractivity contribution in [1.29, 1.82) is 0 Å². The molecule has 0 aromatic heterocycles. The van der Waals surface area contributed by atoms with Crippen LogP contribution in [-0.4, -0.2) is 30.1 Å². The quantitative estimate of drug-likeness (QED) is 0.625. The van der Waals surface area contributed by atoms with Crippen molar-refractivity contribution < 1.29 is 33.0 Å². The van der Waals surface area contributed by atoms with Gasteiger partial charge >= 0.3 is 5.97 Å². The van der Waals surface area contributed by atoms with E-state index < -0.39 is 35.6 Å². The van der Waals surface area contributed by atoms with Gasteiger partial charge in [-0.05, 0) is 43.7 Å². The third-order valence-corrected chi connectivity index (χ3v) is 3.58. The third kappa shape index (κ3) is 4.17. The van der Waals surface area contributed by atoms with E-state index in [-0.39, 0.29) is 28.5 Å². The number of carbonyl (C=O) groups excluding carboxylic acids is 2. The van der Waals surface area contributed by atoms with E-state index in [1.807, 2.05) is 0 Å². The summed E-state index contributed by atoms with van der Waals surface area (Å²) in [7, 11) is 1.22. The van der Waals surface area contributed by atoms with Crippen LogP contribution in [-0.2, 0) is 11.2 Å². The molecular formula is C19H18F2O5. The SMILES string of the molecule is COc1ccc(C(=O)Cc2ccc(C(=O)OC(C)C)cc2F)c(O)c1F. The summed E-state index contributed by atoms with van der Waals surface area (Å²) in [6, 6.07) is 5.99. The molecule has 5 nitrogen and oxygen atoms in total. The number of ether oxygens (including phenoxy) is 2. The summed E-state index contributed by atoms with van der Waals surface area (Å²) in [6.45, 7) is 3.34. The molecule has 0 heterocycles. The van der Waals surface area contributed by atoms with E-state index in [4.69, 9.17) is 9.47 Å². The van der Waals surface area contributed by atoms with Gasteiger partial charge in [0.25, 0.3) is 0 Å². The topological polar surface area (TPSA) is 72.8 Å². The van der Waals surface area contributed by atoms with Crippen LogP contribution in [0.25, 0.3) is 0 Å². The number of esters is 1. The number of hydrogen-bond donors (Lipinski definition) is 1. The Labute approximate surface area is 149 Å². The summed E-state index contributed by atoms with van der Waals surface area (Å²) in [4.78, 5) is 24.0. The second-order valence-electron chi connectivity index (χ2n) is 5.84. The molecule has 2 rings (SSSR count). The number of halogens is 2. The van der Waals surface area contributed by atoms with Crippen LogP contribution in [0.5, 0.6) is 11.5 Å². The number of benzene rings is 2. The van der Waals surface area contributed by atoms with Crippen molar-refractivity contribution in [3.63, 3.8) is 0 Å². The van der Waals surface area contributed by atoms with Gasteiger partial charge in [-0.25, -0.2) is 9.18 Å². The van der Waals surface area contributed by atoms with E-state index in [0.717, 1.165) is 6.07 Å². The fraction of sp³-hybridized carbons (Fsp3) is 0.263. The lowest BCUT2D eigenvalue weighted by Gasteiger charge is -2.10. The van der Waals surface area contributed by atoms with Crippen molar-refractivity contribution in [1.82, 2.24) is 0 Å². The number of phenols is 1. The van der Waals surface area contributed by atoms with Crippen molar-refractivity contribution in [2.45, 2.75) is 26.4 Å². The molecule has 0 amide bonds. The minimum absolute atomic E-state index is 0.00623. The van der Waals surface area contributed by atoms with Crippen molar-refractivity contribution >= 4 is 11.8 Å². The first-order valence-corrected chi connectivity index (χ1v) is 7.82. The van der Waals surface area contributed by atoms with Gasteiger partial charge in [0, 0.05) is 6.42 Å². The van der Waals surface area contributed by atoms with Crippen LogP contribution in [0.2, 0.25) is 0 Å². The van der Waals surface area contributed by atoms with Crippen LogP contribution in [0.1, 0.15) is 40.1 Å². The molecule has 26 heavy (non-hydrogen) atoms. The van der Waals surface area contributed by atoms with Crippen molar-refractivity contribution in [2.75, 3.05) is 7.11 Å². The number of aromatic hydroxyl groups is 1. The maximum Gasteiger partial charge on any atom is 0.338 e. The molecular weight excluding hydrogens is 346 g/mol. The monoisotopic (exact) mass is 364 g/mol. The van der Waals surface area contributed by atoms with Gasteiger partial charge in [-0.15, -0.1) is 0 Å². The molecule has 2 aromatic rings. The molecule has 0 unspecified atom stereocenters. The number of hydrogen-bond acceptors (Lipinski definition) is 5. The lowest BCUT2D eigenvalue weighted by molar-refractivity contribution is 0.0377. The van der Waals surface area contributed by atoms with Gasteiger partial charge in [0.05, 0.1) is 24.3 Å². The van der Waals surface area contributed by atoms with Gasteiger partial charge in [-0.3, -0.25) is 4.79 Å². The number of methoxy groups -OCH3 is 1. The molecule has 0 fully saturated rings. The minimum atomic E-state index is -1.06. The van der Waals surface area contributed by atoms with E-state index >= 15 is 0 Å². The Bertz CT molecular complexity index is 846. The summed E-state index contributed by atoms with van der Waals surface area (Å²) < 4.78 is 37.7. The Hall–Kier alpha value is -2.96. The highest BCUT2D eigenvalue weighted by molar-refractivity contribution is 6.00. The lowest BCUT2D eigenvalue weighted by atomic mass is 10.0. The molecule has 1 N–H and O–H groups in total. The molecule has 7 heteroatoms. The number of Topliss-reactive ketones (excluding diaryl/α,β-unsaturated/α-hetero) is 1. The molecule has 0 saturated carbocycles. The lowest BCUT2D eigenvalue weighted by Crippen LogP contribution is -2.12. The second-order valence-corrected chi connectivity index (χ2v) is 5.84. The molecule has 0 aliphatic carbocycles. The summed E-state index contributed by atoms with van der Waals surface area (Å²) >= 11 is 0. The van der Waals surface area contributed by atoms with Gasteiger partial charge in [0.15, 0.2) is 17.3 Å². The highest BCUT2D eigenvalue weighted by Crippen LogP contribution is 2.30. The van der Waals surface area contributed by atoms with Crippen LogP contribution in [0.3, 0.4) is 0 Å². The van der Waals surface area contributed by atoms with Crippen molar-refractivity contribution in [3.05, 3.63) is 58.7 Å². The average Bonchev–Trinajstić information content (AvgIpc) is 2.58. The Balaban J connectivity index is 2.22. The Kier molecular flexibility index (Phi) is 5.92. The first-order chi connectivity index (χ1) is 12.2. The van der Waals surface area contributed by atoms with Gasteiger partial charge in [0.2, 0.25) is 5.82 Å². The highest BCUT2D eigenvalue weighted by Gasteiger charge is 2.20. The maximum absolute atomic E-state index is 14.2. The summed E-state index contributed by atoms with van der Waals surface area (Å²) in [5.41, 5.74) is -0.261. The number of ketones is 1. The van der Waals surface area contributed by atoms with Crippen molar-refractivity contribution in [2.24, 2.45) is 0 Å². The minimum Gasteiger partial charge on any atom is -0.504 e. The van der Waals surface area contributed by atoms with Gasteiger partial charge in [0.1, 0.15) is 5.82 Å². The molecule has 0 aliphatic rings. The van der Waals surface area contributed by atoms with Gasteiger partial charge in [-0.2, -0.15) is 4.39 Å². The Morgan fingerprint density at radius 1 is 1.15 bits per heavy atom. The fourth-order valence-corrected chi connectivity index (χ4v) is 2.30. The molecule has 0 saturated heterocycles. The van der Waals surface area contributed by atoms with Gasteiger partial charge < -0.3 is 14.6 Å². The predicted molar refractivity (Wildman–Crippen MR) is 89.6 cm³/mol. The zero-order valence-corrected chi connectivity index (χ0v) is 14.5. The van der Waals surface area contributed by atoms with Crippen LogP contribution >= 0.6 is 0 Å². The highest BCUT2D eigenvalue weighted by atomic mass is 19.1. The van der Waals surface area contributed by atoms with Crippen LogP contribution < -0.4 is 4.74 Å². The molecule has 138 valence electrons. The predicted octanol–water partition coefficient (Wildman–Crippen LogP) is 3.67. The number of rotatable bonds is 6. The first-order valence-electron chi connectivity index (χ1n) is 7.82. The van der Waals surface area contributed by atoms with E-state index in [0.29, 0.717) is 0 Å². The van der Waals surface area contributed by atoms with E-state index in [2.05, 4.69) is 0 Å².